The van der Waals surface area contributed by atoms with Crippen LogP contribution in [-0.4, -0.2) is 30.0 Å². The lowest BCUT2D eigenvalue weighted by molar-refractivity contribution is -0.394. The molecule has 0 saturated heterocycles. The van der Waals surface area contributed by atoms with Crippen LogP contribution in [0.15, 0.2) is 33.1 Å². The first-order chi connectivity index (χ1) is 12.8. The molecule has 0 spiro atoms. The number of thiazole rings is 1. The molecule has 0 aliphatic rings. The summed E-state index contributed by atoms with van der Waals surface area (Å²) >= 11 is 3.15. The number of nitro groups is 3. The SMILES string of the molecule is O=[N+]([O-])c1ccc(Cc2nnc(Sc3ncc([N+](=O)[O-])s3)s2)c([N+](=O)[O-])c1. The number of benzene rings is 1. The number of nitrogens with zero attached hydrogens (tertiary/aromatic N) is 6. The summed E-state index contributed by atoms with van der Waals surface area (Å²) in [7, 11) is 0. The van der Waals surface area contributed by atoms with Crippen molar-refractivity contribution < 1.29 is 14.8 Å². The van der Waals surface area contributed by atoms with Crippen molar-refractivity contribution in [3.05, 3.63) is 65.3 Å². The highest BCUT2D eigenvalue weighted by atomic mass is 32.2. The summed E-state index contributed by atoms with van der Waals surface area (Å²) < 4.78 is 0.893. The van der Waals surface area contributed by atoms with E-state index >= 15 is 0 Å². The number of hydrogen-bond donors (Lipinski definition) is 0. The van der Waals surface area contributed by atoms with E-state index in [1.54, 1.807) is 0 Å². The van der Waals surface area contributed by atoms with Crippen LogP contribution in [-0.2, 0) is 6.42 Å². The molecule has 0 fully saturated rings. The van der Waals surface area contributed by atoms with E-state index in [0.717, 1.165) is 46.7 Å². The summed E-state index contributed by atoms with van der Waals surface area (Å²) in [6.07, 6.45) is 1.22. The Morgan fingerprint density at radius 2 is 1.74 bits per heavy atom. The molecule has 12 nitrogen and oxygen atoms in total. The van der Waals surface area contributed by atoms with Gasteiger partial charge in [-0.2, -0.15) is 0 Å². The molecule has 0 bridgehead atoms. The van der Waals surface area contributed by atoms with Gasteiger partial charge in [0.05, 0.1) is 20.8 Å². The molecule has 2 aromatic heterocycles. The Hall–Kier alpha value is -3.04. The van der Waals surface area contributed by atoms with Gasteiger partial charge in [-0.05, 0) is 29.2 Å². The van der Waals surface area contributed by atoms with Crippen LogP contribution in [0.1, 0.15) is 10.6 Å². The Labute approximate surface area is 161 Å². The highest BCUT2D eigenvalue weighted by Gasteiger charge is 2.21. The first kappa shape index (κ1) is 18.7. The fourth-order valence-electron chi connectivity index (χ4n) is 1.96. The highest BCUT2D eigenvalue weighted by molar-refractivity contribution is 8.02. The number of aromatic nitrogens is 3. The van der Waals surface area contributed by atoms with Gasteiger partial charge in [0.25, 0.3) is 11.4 Å². The van der Waals surface area contributed by atoms with Crippen LogP contribution in [0.5, 0.6) is 0 Å². The third kappa shape index (κ3) is 4.39. The fraction of sp³-hybridized carbons (Fsp3) is 0.0833. The molecule has 0 saturated carbocycles. The minimum atomic E-state index is -0.705. The highest BCUT2D eigenvalue weighted by Crippen LogP contribution is 2.36. The monoisotopic (exact) mass is 426 g/mol. The standard InChI is InChI=1S/C12H6N6O6S3/c19-16(20)7-2-1-6(8(4-7)17(21)22)3-9-14-15-12(25-9)27-11-13-5-10(26-11)18(23)24/h1-2,4-5H,3H2. The van der Waals surface area contributed by atoms with Crippen molar-refractivity contribution in [2.24, 2.45) is 0 Å². The van der Waals surface area contributed by atoms with Gasteiger partial charge in [0.15, 0.2) is 8.68 Å². The second-order valence-electron chi connectivity index (χ2n) is 4.79. The fourth-order valence-corrected chi connectivity index (χ4v) is 4.86. The van der Waals surface area contributed by atoms with Gasteiger partial charge < -0.3 is 0 Å². The molecule has 0 amide bonds. The van der Waals surface area contributed by atoms with Gasteiger partial charge in [0, 0.05) is 18.1 Å². The third-order valence-electron chi connectivity index (χ3n) is 3.09. The maximum atomic E-state index is 11.2. The molecular formula is C12H6N6O6S3. The minimum absolute atomic E-state index is 0.0740. The van der Waals surface area contributed by atoms with Crippen molar-refractivity contribution in [3.63, 3.8) is 0 Å². The van der Waals surface area contributed by atoms with Gasteiger partial charge in [0.2, 0.25) is 0 Å². The van der Waals surface area contributed by atoms with Gasteiger partial charge >= 0.3 is 5.00 Å². The predicted octanol–water partition coefficient (Wildman–Crippen LogP) is 3.46. The minimum Gasteiger partial charge on any atom is -0.258 e. The van der Waals surface area contributed by atoms with E-state index in [1.165, 1.54) is 12.1 Å². The Balaban J connectivity index is 1.78. The first-order valence-electron chi connectivity index (χ1n) is 6.85. The zero-order valence-corrected chi connectivity index (χ0v) is 15.3. The molecule has 0 N–H and O–H groups in total. The molecule has 1 aromatic carbocycles. The molecule has 2 heterocycles. The summed E-state index contributed by atoms with van der Waals surface area (Å²) in [6, 6.07) is 3.41. The second-order valence-corrected chi connectivity index (χ2v) is 8.35. The maximum absolute atomic E-state index is 11.2. The number of nitro benzene ring substituents is 2. The van der Waals surface area contributed by atoms with Crippen LogP contribution in [0.25, 0.3) is 0 Å². The van der Waals surface area contributed by atoms with Crippen molar-refractivity contribution in [3.8, 4) is 0 Å². The maximum Gasteiger partial charge on any atom is 0.344 e. The van der Waals surface area contributed by atoms with E-state index in [2.05, 4.69) is 15.2 Å². The van der Waals surface area contributed by atoms with Gasteiger partial charge in [-0.1, -0.05) is 11.3 Å². The van der Waals surface area contributed by atoms with E-state index in [4.69, 9.17) is 0 Å². The molecule has 27 heavy (non-hydrogen) atoms. The van der Waals surface area contributed by atoms with Crippen LogP contribution >= 0.6 is 34.4 Å². The largest absolute Gasteiger partial charge is 0.344 e. The summed E-state index contributed by atoms with van der Waals surface area (Å²) in [5, 5.41) is 40.9. The lowest BCUT2D eigenvalue weighted by Crippen LogP contribution is -1.98. The third-order valence-corrected chi connectivity index (χ3v) is 6.09. The smallest absolute Gasteiger partial charge is 0.258 e. The van der Waals surface area contributed by atoms with E-state index in [1.807, 2.05) is 0 Å². The zero-order valence-electron chi connectivity index (χ0n) is 12.9. The zero-order chi connectivity index (χ0) is 19.6. The van der Waals surface area contributed by atoms with Crippen molar-refractivity contribution >= 4 is 50.8 Å². The van der Waals surface area contributed by atoms with E-state index in [0.29, 0.717) is 13.7 Å². The van der Waals surface area contributed by atoms with E-state index < -0.39 is 14.8 Å². The number of hydrogen-bond acceptors (Lipinski definition) is 12. The normalized spacial score (nSPS) is 10.7. The Bertz CT molecular complexity index is 1050. The van der Waals surface area contributed by atoms with Crippen molar-refractivity contribution in [1.82, 2.24) is 15.2 Å². The van der Waals surface area contributed by atoms with Crippen LogP contribution in [0.3, 0.4) is 0 Å². The van der Waals surface area contributed by atoms with Crippen molar-refractivity contribution in [2.75, 3.05) is 0 Å². The number of non-ortho nitro benzene ring substituents is 1. The average molecular weight is 426 g/mol. The average Bonchev–Trinajstić information content (AvgIpc) is 3.25. The van der Waals surface area contributed by atoms with E-state index in [9.17, 15) is 30.3 Å². The van der Waals surface area contributed by atoms with Gasteiger partial charge in [0.1, 0.15) is 11.2 Å². The summed E-state index contributed by atoms with van der Waals surface area (Å²) in [5.41, 5.74) is -0.475. The van der Waals surface area contributed by atoms with Crippen LogP contribution < -0.4 is 0 Å². The van der Waals surface area contributed by atoms with E-state index in [-0.39, 0.29) is 28.4 Å². The molecule has 0 aliphatic carbocycles. The Morgan fingerprint density at radius 3 is 2.37 bits per heavy atom. The van der Waals surface area contributed by atoms with Gasteiger partial charge in [-0.15, -0.1) is 10.2 Å². The Kier molecular flexibility index (Phi) is 5.33. The van der Waals surface area contributed by atoms with Crippen LogP contribution in [0.4, 0.5) is 16.4 Å². The quantitative estimate of drug-likeness (QED) is 0.403. The number of rotatable bonds is 7. The molecule has 15 heteroatoms. The van der Waals surface area contributed by atoms with Gasteiger partial charge in [-0.25, -0.2) is 4.98 Å². The molecule has 138 valence electrons. The van der Waals surface area contributed by atoms with Crippen molar-refractivity contribution in [1.29, 1.82) is 0 Å². The molecule has 3 rings (SSSR count). The summed E-state index contributed by atoms with van der Waals surface area (Å²) in [4.78, 5) is 34.6. The summed E-state index contributed by atoms with van der Waals surface area (Å²) in [5.74, 6) is 0. The molecular weight excluding hydrogens is 420 g/mol. The topological polar surface area (TPSA) is 168 Å². The molecule has 0 unspecified atom stereocenters. The lowest BCUT2D eigenvalue weighted by Gasteiger charge is -2.00. The predicted molar refractivity (Wildman–Crippen MR) is 95.4 cm³/mol. The molecule has 3 aromatic rings. The van der Waals surface area contributed by atoms with Crippen molar-refractivity contribution in [2.45, 2.75) is 15.1 Å². The Morgan fingerprint density at radius 1 is 0.963 bits per heavy atom. The first-order valence-corrected chi connectivity index (χ1v) is 9.30. The van der Waals surface area contributed by atoms with Gasteiger partial charge in [-0.3, -0.25) is 30.3 Å². The van der Waals surface area contributed by atoms with Crippen LogP contribution in [0.2, 0.25) is 0 Å². The summed E-state index contributed by atoms with van der Waals surface area (Å²) in [6.45, 7) is 0. The second kappa shape index (κ2) is 7.68. The lowest BCUT2D eigenvalue weighted by atomic mass is 10.1. The molecule has 0 radical (unpaired) electrons. The molecule has 0 atom stereocenters. The van der Waals surface area contributed by atoms with Crippen LogP contribution in [0, 0.1) is 30.3 Å². The molecule has 0 aliphatic heterocycles.